The van der Waals surface area contributed by atoms with Gasteiger partial charge in [0.25, 0.3) is 11.8 Å². The van der Waals surface area contributed by atoms with Gasteiger partial charge in [-0.25, -0.2) is 0 Å². The molecule has 0 aliphatic carbocycles. The van der Waals surface area contributed by atoms with Crippen molar-refractivity contribution in [3.8, 4) is 11.5 Å². The fourth-order valence-corrected chi connectivity index (χ4v) is 4.16. The van der Waals surface area contributed by atoms with Crippen LogP contribution in [-0.4, -0.2) is 55.7 Å². The molecule has 7 nitrogen and oxygen atoms in total. The molecule has 7 heteroatoms. The Balaban J connectivity index is 1.36. The van der Waals surface area contributed by atoms with E-state index in [4.69, 9.17) is 14.2 Å². The number of morpholine rings is 1. The van der Waals surface area contributed by atoms with E-state index in [1.807, 2.05) is 54.6 Å². The highest BCUT2D eigenvalue weighted by Gasteiger charge is 2.36. The molecule has 0 radical (unpaired) electrons. The summed E-state index contributed by atoms with van der Waals surface area (Å²) in [6.45, 7) is 2.61. The van der Waals surface area contributed by atoms with E-state index in [1.54, 1.807) is 34.1 Å². The van der Waals surface area contributed by atoms with Crippen LogP contribution in [0.3, 0.4) is 0 Å². The summed E-state index contributed by atoms with van der Waals surface area (Å²) in [7, 11) is 0. The molecule has 34 heavy (non-hydrogen) atoms. The molecule has 1 atom stereocenters. The summed E-state index contributed by atoms with van der Waals surface area (Å²) < 4.78 is 17.3. The van der Waals surface area contributed by atoms with Crippen LogP contribution < -0.4 is 14.4 Å². The van der Waals surface area contributed by atoms with Gasteiger partial charge in [0.05, 0.1) is 25.4 Å². The van der Waals surface area contributed by atoms with Crippen molar-refractivity contribution in [2.24, 2.45) is 0 Å². The molecule has 2 heterocycles. The second-order valence-corrected chi connectivity index (χ2v) is 8.23. The molecular weight excluding hydrogens is 432 g/mol. The van der Waals surface area contributed by atoms with Crippen molar-refractivity contribution >= 4 is 17.5 Å². The summed E-state index contributed by atoms with van der Waals surface area (Å²) in [6, 6.07) is 24.3. The molecule has 1 fully saturated rings. The molecule has 2 aliphatic rings. The van der Waals surface area contributed by atoms with Crippen LogP contribution in [0.5, 0.6) is 11.5 Å². The van der Waals surface area contributed by atoms with Gasteiger partial charge in [-0.3, -0.25) is 9.59 Å². The zero-order chi connectivity index (χ0) is 23.3. The summed E-state index contributed by atoms with van der Waals surface area (Å²) in [5.74, 6) is 0.790. The number of hydrogen-bond acceptors (Lipinski definition) is 5. The molecule has 5 rings (SSSR count). The number of fused-ring (bicyclic) bond motifs is 1. The lowest BCUT2D eigenvalue weighted by Gasteiger charge is -2.37. The molecule has 0 saturated carbocycles. The first-order valence-corrected chi connectivity index (χ1v) is 11.4. The minimum atomic E-state index is -0.769. The van der Waals surface area contributed by atoms with E-state index in [0.717, 1.165) is 5.56 Å². The Morgan fingerprint density at radius 1 is 0.912 bits per heavy atom. The number of anilines is 1. The molecule has 0 unspecified atom stereocenters. The smallest absolute Gasteiger partial charge is 0.265 e. The third-order valence-electron chi connectivity index (χ3n) is 5.95. The maximum Gasteiger partial charge on any atom is 0.265 e. The molecule has 0 bridgehead atoms. The van der Waals surface area contributed by atoms with Crippen molar-refractivity contribution in [2.75, 3.05) is 37.7 Å². The van der Waals surface area contributed by atoms with Gasteiger partial charge >= 0.3 is 0 Å². The molecule has 0 spiro atoms. The fourth-order valence-electron chi connectivity index (χ4n) is 4.16. The highest BCUT2D eigenvalue weighted by Crippen LogP contribution is 2.35. The molecule has 1 saturated heterocycles. The molecular formula is C27H26N2O5. The number of nitrogens with zero attached hydrogens (tertiary/aromatic N) is 2. The standard InChI is InChI=1S/C27H26N2O5/c30-26(21-9-6-10-22(17-21)33-19-20-7-2-1-3-8-20)29-18-25(27(31)28-13-15-32-16-14-28)34-24-12-5-4-11-23(24)29/h1-12,17,25H,13-16,18-19H2/t25-/m1/s1. The van der Waals surface area contributed by atoms with Crippen molar-refractivity contribution in [1.82, 2.24) is 4.90 Å². The second-order valence-electron chi connectivity index (χ2n) is 8.23. The zero-order valence-electron chi connectivity index (χ0n) is 18.8. The van der Waals surface area contributed by atoms with Crippen molar-refractivity contribution in [2.45, 2.75) is 12.7 Å². The lowest BCUT2D eigenvalue weighted by Crippen LogP contribution is -2.54. The summed E-state index contributed by atoms with van der Waals surface area (Å²) in [4.78, 5) is 30.1. The Bertz CT molecular complexity index is 1160. The average molecular weight is 459 g/mol. The fraction of sp³-hybridized carbons (Fsp3) is 0.259. The van der Waals surface area contributed by atoms with Gasteiger partial charge in [0.2, 0.25) is 0 Å². The molecule has 3 aromatic carbocycles. The molecule has 0 aromatic heterocycles. The Hall–Kier alpha value is -3.84. The quantitative estimate of drug-likeness (QED) is 0.585. The number of carbonyl (C=O) groups excluding carboxylic acids is 2. The van der Waals surface area contributed by atoms with Crippen LogP contribution in [0.25, 0.3) is 0 Å². The Morgan fingerprint density at radius 2 is 1.68 bits per heavy atom. The monoisotopic (exact) mass is 458 g/mol. The predicted molar refractivity (Wildman–Crippen MR) is 127 cm³/mol. The number of ether oxygens (including phenoxy) is 3. The number of para-hydroxylation sites is 2. The third kappa shape index (κ3) is 4.75. The number of rotatable bonds is 5. The number of carbonyl (C=O) groups is 2. The van der Waals surface area contributed by atoms with Gasteiger partial charge in [0.15, 0.2) is 6.10 Å². The maximum absolute atomic E-state index is 13.6. The molecule has 2 aliphatic heterocycles. The first-order valence-electron chi connectivity index (χ1n) is 11.4. The van der Waals surface area contributed by atoms with Crippen LogP contribution >= 0.6 is 0 Å². The normalized spacial score (nSPS) is 17.5. The topological polar surface area (TPSA) is 68.3 Å². The largest absolute Gasteiger partial charge is 0.489 e. The number of amides is 2. The van der Waals surface area contributed by atoms with Crippen LogP contribution in [0.1, 0.15) is 15.9 Å². The molecule has 174 valence electrons. The molecule has 3 aromatic rings. The molecule has 2 amide bonds. The van der Waals surface area contributed by atoms with Gasteiger partial charge in [-0.15, -0.1) is 0 Å². The average Bonchev–Trinajstić information content (AvgIpc) is 2.91. The van der Waals surface area contributed by atoms with Crippen LogP contribution in [0.15, 0.2) is 78.9 Å². The van der Waals surface area contributed by atoms with Crippen LogP contribution in [0, 0.1) is 0 Å². The van der Waals surface area contributed by atoms with E-state index in [0.29, 0.717) is 55.7 Å². The second kappa shape index (κ2) is 9.97. The van der Waals surface area contributed by atoms with E-state index in [9.17, 15) is 9.59 Å². The first-order chi connectivity index (χ1) is 16.7. The van der Waals surface area contributed by atoms with Gasteiger partial charge in [0.1, 0.15) is 18.1 Å². The van der Waals surface area contributed by atoms with Crippen LogP contribution in [0.2, 0.25) is 0 Å². The molecule has 0 N–H and O–H groups in total. The van der Waals surface area contributed by atoms with Crippen molar-refractivity contribution < 1.29 is 23.8 Å². The Labute approximate surface area is 198 Å². The van der Waals surface area contributed by atoms with E-state index < -0.39 is 6.10 Å². The summed E-state index contributed by atoms with van der Waals surface area (Å²) >= 11 is 0. The van der Waals surface area contributed by atoms with Gasteiger partial charge < -0.3 is 24.0 Å². The van der Waals surface area contributed by atoms with E-state index in [2.05, 4.69) is 0 Å². The number of benzene rings is 3. The van der Waals surface area contributed by atoms with Crippen LogP contribution in [0.4, 0.5) is 5.69 Å². The maximum atomic E-state index is 13.6. The van der Waals surface area contributed by atoms with Crippen molar-refractivity contribution in [3.63, 3.8) is 0 Å². The minimum Gasteiger partial charge on any atom is -0.489 e. The lowest BCUT2D eigenvalue weighted by molar-refractivity contribution is -0.142. The van der Waals surface area contributed by atoms with Crippen molar-refractivity contribution in [3.05, 3.63) is 90.0 Å². The SMILES string of the molecule is O=C([C@H]1CN(C(=O)c2cccc(OCc3ccccc3)c2)c2ccccc2O1)N1CCOCC1. The summed E-state index contributed by atoms with van der Waals surface area (Å²) in [6.07, 6.45) is -0.769. The van der Waals surface area contributed by atoms with Crippen LogP contribution in [-0.2, 0) is 16.1 Å². The van der Waals surface area contributed by atoms with E-state index in [1.165, 1.54) is 0 Å². The van der Waals surface area contributed by atoms with Gasteiger partial charge in [-0.05, 0) is 35.9 Å². The van der Waals surface area contributed by atoms with E-state index in [-0.39, 0.29) is 18.4 Å². The summed E-state index contributed by atoms with van der Waals surface area (Å²) in [5.41, 5.74) is 2.18. The number of hydrogen-bond donors (Lipinski definition) is 0. The van der Waals surface area contributed by atoms with Gasteiger partial charge in [-0.1, -0.05) is 48.5 Å². The zero-order valence-corrected chi connectivity index (χ0v) is 18.8. The third-order valence-corrected chi connectivity index (χ3v) is 5.95. The minimum absolute atomic E-state index is 0.129. The van der Waals surface area contributed by atoms with Gasteiger partial charge in [0, 0.05) is 18.7 Å². The van der Waals surface area contributed by atoms with Crippen molar-refractivity contribution in [1.29, 1.82) is 0 Å². The Kier molecular flexibility index (Phi) is 6.44. The Morgan fingerprint density at radius 3 is 2.50 bits per heavy atom. The highest BCUT2D eigenvalue weighted by atomic mass is 16.5. The van der Waals surface area contributed by atoms with E-state index >= 15 is 0 Å². The predicted octanol–water partition coefficient (Wildman–Crippen LogP) is 3.53. The first kappa shape index (κ1) is 22.0. The summed E-state index contributed by atoms with van der Waals surface area (Å²) in [5, 5.41) is 0. The highest BCUT2D eigenvalue weighted by molar-refractivity contribution is 6.08. The lowest BCUT2D eigenvalue weighted by atomic mass is 10.1. The van der Waals surface area contributed by atoms with Gasteiger partial charge in [-0.2, -0.15) is 0 Å².